The van der Waals surface area contributed by atoms with Crippen molar-refractivity contribution in [1.29, 1.82) is 0 Å². The fraction of sp³-hybridized carbons (Fsp3) is 0. The monoisotopic (exact) mass is 296 g/mol. The van der Waals surface area contributed by atoms with E-state index in [1.165, 1.54) is 12.1 Å². The van der Waals surface area contributed by atoms with Crippen LogP contribution < -0.4 is 11.5 Å². The van der Waals surface area contributed by atoms with Crippen LogP contribution in [0.5, 0.6) is 11.5 Å². The van der Waals surface area contributed by atoms with E-state index in [4.69, 9.17) is 15.1 Å². The number of nitrogen functional groups attached to an aromatic ring is 2. The molecule has 5 nitrogen and oxygen atoms in total. The van der Waals surface area contributed by atoms with Crippen LogP contribution in [0.3, 0.4) is 0 Å². The largest absolute Gasteiger partial charge is 0.506 e. The van der Waals surface area contributed by atoms with Gasteiger partial charge >= 0.3 is 0 Å². The Kier molecular flexibility index (Phi) is 4.31. The SMILES string of the molecule is Nc1ccc(SOSc2ccc(N)c(O)c2)cc1O. The van der Waals surface area contributed by atoms with Crippen LogP contribution >= 0.6 is 24.1 Å². The molecule has 0 aliphatic rings. The van der Waals surface area contributed by atoms with E-state index in [9.17, 15) is 10.2 Å². The summed E-state index contributed by atoms with van der Waals surface area (Å²) in [7, 11) is 0. The number of anilines is 2. The molecule has 100 valence electrons. The number of phenols is 2. The third-order valence-electron chi connectivity index (χ3n) is 2.26. The molecule has 0 aliphatic heterocycles. The van der Waals surface area contributed by atoms with E-state index < -0.39 is 0 Å². The third-order valence-corrected chi connectivity index (χ3v) is 3.70. The van der Waals surface area contributed by atoms with E-state index >= 15 is 0 Å². The number of rotatable bonds is 4. The number of hydrogen-bond acceptors (Lipinski definition) is 7. The third kappa shape index (κ3) is 3.63. The van der Waals surface area contributed by atoms with Crippen molar-refractivity contribution in [3.8, 4) is 11.5 Å². The highest BCUT2D eigenvalue weighted by Crippen LogP contribution is 2.34. The molecule has 0 saturated carbocycles. The number of phenolic OH excluding ortho intramolecular Hbond substituents is 2. The number of aromatic hydroxyl groups is 2. The van der Waals surface area contributed by atoms with E-state index in [1.54, 1.807) is 24.3 Å². The summed E-state index contributed by atoms with van der Waals surface area (Å²) in [4.78, 5) is 1.44. The lowest BCUT2D eigenvalue weighted by Gasteiger charge is -2.04. The van der Waals surface area contributed by atoms with Crippen molar-refractivity contribution in [1.82, 2.24) is 0 Å². The van der Waals surface area contributed by atoms with Gasteiger partial charge in [0.25, 0.3) is 0 Å². The molecule has 0 spiro atoms. The molecule has 0 radical (unpaired) electrons. The van der Waals surface area contributed by atoms with Gasteiger partial charge in [-0.2, -0.15) is 0 Å². The Morgan fingerprint density at radius 2 is 1.21 bits per heavy atom. The second kappa shape index (κ2) is 5.96. The maximum atomic E-state index is 9.44. The standard InChI is InChI=1S/C12H12N2O3S2/c13-9-3-1-7(5-11(9)15)18-17-19-8-2-4-10(14)12(16)6-8/h1-6,15-16H,13-14H2. The van der Waals surface area contributed by atoms with Gasteiger partial charge in [0.05, 0.1) is 11.4 Å². The minimum absolute atomic E-state index is 0.0173. The van der Waals surface area contributed by atoms with Gasteiger partial charge in [-0.05, 0) is 36.4 Å². The zero-order valence-electron chi connectivity index (χ0n) is 9.74. The van der Waals surface area contributed by atoms with Crippen LogP contribution in [0.1, 0.15) is 0 Å². The molecule has 0 unspecified atom stereocenters. The molecule has 0 fully saturated rings. The zero-order valence-corrected chi connectivity index (χ0v) is 11.4. The lowest BCUT2D eigenvalue weighted by molar-refractivity contribution is 0.476. The highest BCUT2D eigenvalue weighted by Gasteiger charge is 2.04. The molecule has 0 amide bonds. The molecule has 0 bridgehead atoms. The summed E-state index contributed by atoms with van der Waals surface area (Å²) in [6.45, 7) is 0. The van der Waals surface area contributed by atoms with Crippen molar-refractivity contribution < 1.29 is 13.8 Å². The Bertz CT molecular complexity index is 542. The zero-order chi connectivity index (χ0) is 13.8. The van der Waals surface area contributed by atoms with Crippen molar-refractivity contribution in [3.63, 3.8) is 0 Å². The van der Waals surface area contributed by atoms with E-state index in [0.29, 0.717) is 11.4 Å². The normalized spacial score (nSPS) is 10.5. The molecule has 0 saturated heterocycles. The minimum atomic E-state index is 0.0173. The molecule has 0 aliphatic carbocycles. The molecule has 2 aromatic rings. The summed E-state index contributed by atoms with van der Waals surface area (Å²) in [5, 5.41) is 18.9. The van der Waals surface area contributed by atoms with Crippen molar-refractivity contribution in [2.24, 2.45) is 0 Å². The van der Waals surface area contributed by atoms with Crippen molar-refractivity contribution >= 4 is 35.5 Å². The highest BCUT2D eigenvalue weighted by molar-refractivity contribution is 8.07. The fourth-order valence-corrected chi connectivity index (χ4v) is 2.58. The van der Waals surface area contributed by atoms with Gasteiger partial charge in [0, 0.05) is 33.9 Å². The number of hydrogen-bond donors (Lipinski definition) is 4. The van der Waals surface area contributed by atoms with E-state index in [2.05, 4.69) is 0 Å². The molecule has 0 atom stereocenters. The predicted octanol–water partition coefficient (Wildman–Crippen LogP) is 2.99. The quantitative estimate of drug-likeness (QED) is 0.391. The lowest BCUT2D eigenvalue weighted by Crippen LogP contribution is -1.85. The summed E-state index contributed by atoms with van der Waals surface area (Å²) in [6.07, 6.45) is 0. The van der Waals surface area contributed by atoms with Gasteiger partial charge < -0.3 is 21.7 Å². The van der Waals surface area contributed by atoms with Gasteiger partial charge in [-0.3, -0.25) is 0 Å². The van der Waals surface area contributed by atoms with Crippen LogP contribution in [0.25, 0.3) is 0 Å². The minimum Gasteiger partial charge on any atom is -0.506 e. The molecule has 2 rings (SSSR count). The summed E-state index contributed by atoms with van der Waals surface area (Å²) >= 11 is 2.17. The van der Waals surface area contributed by atoms with Crippen LogP contribution in [0.15, 0.2) is 46.2 Å². The molecule has 19 heavy (non-hydrogen) atoms. The summed E-state index contributed by atoms with van der Waals surface area (Å²) in [5.41, 5.74) is 11.6. The second-order valence-electron chi connectivity index (χ2n) is 3.68. The van der Waals surface area contributed by atoms with Gasteiger partial charge in [-0.1, -0.05) is 0 Å². The molecule has 0 aromatic heterocycles. The average Bonchev–Trinajstić information content (AvgIpc) is 2.38. The van der Waals surface area contributed by atoms with Crippen LogP contribution in [0, 0.1) is 0 Å². The fourth-order valence-electron chi connectivity index (χ4n) is 1.25. The van der Waals surface area contributed by atoms with Crippen LogP contribution in [-0.2, 0) is 3.63 Å². The van der Waals surface area contributed by atoms with Crippen LogP contribution in [0.2, 0.25) is 0 Å². The average molecular weight is 296 g/mol. The Morgan fingerprint density at radius 3 is 1.58 bits per heavy atom. The predicted molar refractivity (Wildman–Crippen MR) is 77.8 cm³/mol. The topological polar surface area (TPSA) is 102 Å². The van der Waals surface area contributed by atoms with Gasteiger partial charge in [-0.25, -0.2) is 3.63 Å². The van der Waals surface area contributed by atoms with Crippen molar-refractivity contribution in [3.05, 3.63) is 36.4 Å². The van der Waals surface area contributed by atoms with Gasteiger partial charge in [0.2, 0.25) is 0 Å². The summed E-state index contributed by atoms with van der Waals surface area (Å²) in [5.74, 6) is 0.0347. The highest BCUT2D eigenvalue weighted by atomic mass is 32.2. The van der Waals surface area contributed by atoms with Crippen molar-refractivity contribution in [2.45, 2.75) is 9.79 Å². The Morgan fingerprint density at radius 1 is 0.789 bits per heavy atom. The van der Waals surface area contributed by atoms with Gasteiger partial charge in [0.1, 0.15) is 11.5 Å². The summed E-state index contributed by atoms with van der Waals surface area (Å²) < 4.78 is 5.32. The van der Waals surface area contributed by atoms with E-state index in [-0.39, 0.29) is 11.5 Å². The van der Waals surface area contributed by atoms with Gasteiger partial charge in [0.15, 0.2) is 0 Å². The molecular weight excluding hydrogens is 284 g/mol. The first-order valence-corrected chi connectivity index (χ1v) is 6.73. The van der Waals surface area contributed by atoms with Crippen molar-refractivity contribution in [2.75, 3.05) is 11.5 Å². The smallest absolute Gasteiger partial charge is 0.139 e. The molecule has 6 N–H and O–H groups in total. The Labute approximate surface area is 119 Å². The number of nitrogens with two attached hydrogens (primary N) is 2. The molecule has 7 heteroatoms. The molecule has 2 aromatic carbocycles. The second-order valence-corrected chi connectivity index (χ2v) is 5.50. The maximum Gasteiger partial charge on any atom is 0.139 e. The first-order valence-electron chi connectivity index (χ1n) is 5.24. The van der Waals surface area contributed by atoms with Crippen LogP contribution in [-0.4, -0.2) is 10.2 Å². The molecular formula is C12H12N2O3S2. The maximum absolute atomic E-state index is 9.44. The van der Waals surface area contributed by atoms with Crippen LogP contribution in [0.4, 0.5) is 11.4 Å². The Balaban J connectivity index is 1.92. The van der Waals surface area contributed by atoms with Gasteiger partial charge in [-0.15, -0.1) is 0 Å². The number of benzene rings is 2. The molecule has 0 heterocycles. The Hall–Kier alpha value is -1.70. The first-order chi connectivity index (χ1) is 9.06. The van der Waals surface area contributed by atoms with E-state index in [0.717, 1.165) is 33.9 Å². The summed E-state index contributed by atoms with van der Waals surface area (Å²) in [6, 6.07) is 9.70. The lowest BCUT2D eigenvalue weighted by atomic mass is 10.3. The first kappa shape index (κ1) is 13.7. The van der Waals surface area contributed by atoms with E-state index in [1.807, 2.05) is 0 Å².